The number of rotatable bonds is 7. The van der Waals surface area contributed by atoms with Crippen LogP contribution in [-0.2, 0) is 14.4 Å². The number of benzene rings is 2. The Kier molecular flexibility index (Phi) is 7.09. The van der Waals surface area contributed by atoms with Crippen LogP contribution in [-0.4, -0.2) is 37.3 Å². The maximum Gasteiger partial charge on any atom is 0.346 e. The number of oxime groups is 1. The molecule has 2 rings (SSSR count). The Morgan fingerprint density at radius 1 is 1.14 bits per heavy atom. The summed E-state index contributed by atoms with van der Waals surface area (Å²) in [5.41, 5.74) is 7.35. The van der Waals surface area contributed by atoms with Gasteiger partial charge in [-0.1, -0.05) is 17.3 Å². The molecule has 0 aliphatic rings. The van der Waals surface area contributed by atoms with E-state index < -0.39 is 11.9 Å². The van der Waals surface area contributed by atoms with Crippen molar-refractivity contribution in [2.75, 3.05) is 19.0 Å². The standard InChI is InChI=1S/C19H20N4O5/c1-12(23-27-11-17(24)26-2)14-4-3-5-16(10-14)28-18(25)13-6-8-15(9-7-13)22-19(20)21/h3-10H,11H2,1-2H3,(H4,20,21,22). The van der Waals surface area contributed by atoms with E-state index in [1.165, 1.54) is 7.11 Å². The number of guanidine groups is 1. The number of nitrogens with one attached hydrogen (secondary N) is 2. The summed E-state index contributed by atoms with van der Waals surface area (Å²) in [6.45, 7) is 1.40. The Bertz CT molecular complexity index is 893. The molecule has 0 atom stereocenters. The van der Waals surface area contributed by atoms with Gasteiger partial charge in [0.25, 0.3) is 0 Å². The third-order valence-corrected chi connectivity index (χ3v) is 3.47. The van der Waals surface area contributed by atoms with E-state index in [-0.39, 0.29) is 12.6 Å². The van der Waals surface area contributed by atoms with E-state index in [2.05, 4.69) is 15.2 Å². The highest BCUT2D eigenvalue weighted by atomic mass is 16.6. The van der Waals surface area contributed by atoms with Crippen molar-refractivity contribution in [3.63, 3.8) is 0 Å². The van der Waals surface area contributed by atoms with Gasteiger partial charge >= 0.3 is 11.9 Å². The number of esters is 2. The van der Waals surface area contributed by atoms with E-state index in [9.17, 15) is 9.59 Å². The maximum atomic E-state index is 12.3. The van der Waals surface area contributed by atoms with Gasteiger partial charge in [-0.05, 0) is 43.3 Å². The van der Waals surface area contributed by atoms with Crippen LogP contribution in [0.2, 0.25) is 0 Å². The summed E-state index contributed by atoms with van der Waals surface area (Å²) >= 11 is 0. The molecule has 4 N–H and O–H groups in total. The van der Waals surface area contributed by atoms with E-state index in [0.29, 0.717) is 28.3 Å². The number of ether oxygens (including phenoxy) is 2. The third-order valence-electron chi connectivity index (χ3n) is 3.47. The second kappa shape index (κ2) is 9.72. The first-order valence-corrected chi connectivity index (χ1v) is 8.16. The number of hydrogen-bond acceptors (Lipinski definition) is 7. The predicted octanol–water partition coefficient (Wildman–Crippen LogP) is 2.12. The maximum absolute atomic E-state index is 12.3. The largest absolute Gasteiger partial charge is 0.466 e. The monoisotopic (exact) mass is 384 g/mol. The van der Waals surface area contributed by atoms with Gasteiger partial charge in [-0.3, -0.25) is 5.41 Å². The lowest BCUT2D eigenvalue weighted by Crippen LogP contribution is -2.20. The molecule has 0 aliphatic heterocycles. The van der Waals surface area contributed by atoms with Crippen molar-refractivity contribution in [3.05, 3.63) is 59.7 Å². The lowest BCUT2D eigenvalue weighted by Gasteiger charge is -2.08. The fourth-order valence-corrected chi connectivity index (χ4v) is 2.09. The van der Waals surface area contributed by atoms with E-state index in [4.69, 9.17) is 20.7 Å². The third kappa shape index (κ3) is 6.13. The van der Waals surface area contributed by atoms with Crippen molar-refractivity contribution < 1.29 is 23.9 Å². The quantitative estimate of drug-likeness (QED) is 0.219. The molecule has 0 aliphatic carbocycles. The van der Waals surface area contributed by atoms with Crippen molar-refractivity contribution in [2.45, 2.75) is 6.92 Å². The molecule has 9 nitrogen and oxygen atoms in total. The number of nitrogens with two attached hydrogens (primary N) is 1. The van der Waals surface area contributed by atoms with Gasteiger partial charge in [0.05, 0.1) is 18.4 Å². The molecule has 9 heteroatoms. The average molecular weight is 384 g/mol. The summed E-state index contributed by atoms with van der Waals surface area (Å²) in [6, 6.07) is 13.1. The van der Waals surface area contributed by atoms with Gasteiger partial charge in [0, 0.05) is 11.3 Å². The van der Waals surface area contributed by atoms with Crippen LogP contribution in [0, 0.1) is 5.41 Å². The number of nitrogens with zero attached hydrogens (tertiary/aromatic N) is 1. The van der Waals surface area contributed by atoms with E-state index in [1.54, 1.807) is 55.5 Å². The average Bonchev–Trinajstić information content (AvgIpc) is 2.68. The van der Waals surface area contributed by atoms with Crippen LogP contribution >= 0.6 is 0 Å². The molecule has 0 saturated carbocycles. The highest BCUT2D eigenvalue weighted by molar-refractivity contribution is 5.99. The molecule has 0 radical (unpaired) electrons. The normalized spacial score (nSPS) is 10.7. The van der Waals surface area contributed by atoms with Crippen LogP contribution < -0.4 is 15.8 Å². The van der Waals surface area contributed by atoms with E-state index >= 15 is 0 Å². The summed E-state index contributed by atoms with van der Waals surface area (Å²) in [6.07, 6.45) is 0. The zero-order valence-electron chi connectivity index (χ0n) is 15.4. The Labute approximate surface area is 161 Å². The Morgan fingerprint density at radius 3 is 2.50 bits per heavy atom. The minimum absolute atomic E-state index is 0.195. The molecule has 0 spiro atoms. The van der Waals surface area contributed by atoms with Gasteiger partial charge < -0.3 is 25.4 Å². The molecule has 28 heavy (non-hydrogen) atoms. The van der Waals surface area contributed by atoms with Crippen LogP contribution in [0.25, 0.3) is 0 Å². The Morgan fingerprint density at radius 2 is 1.86 bits per heavy atom. The molecule has 0 bridgehead atoms. The lowest BCUT2D eigenvalue weighted by atomic mass is 10.1. The minimum Gasteiger partial charge on any atom is -0.466 e. The molecular weight excluding hydrogens is 364 g/mol. The fraction of sp³-hybridized carbons (Fsp3) is 0.158. The Hall–Kier alpha value is -3.88. The van der Waals surface area contributed by atoms with E-state index in [0.717, 1.165) is 0 Å². The lowest BCUT2D eigenvalue weighted by molar-refractivity contribution is -0.145. The van der Waals surface area contributed by atoms with Crippen LogP contribution in [0.5, 0.6) is 5.75 Å². The summed E-state index contributed by atoms with van der Waals surface area (Å²) in [7, 11) is 1.26. The van der Waals surface area contributed by atoms with Crippen molar-refractivity contribution in [2.24, 2.45) is 10.9 Å². The van der Waals surface area contributed by atoms with Crippen molar-refractivity contribution in [1.82, 2.24) is 0 Å². The number of carbonyl (C=O) groups is 2. The number of hydrogen-bond donors (Lipinski definition) is 3. The molecule has 0 heterocycles. The second-order valence-corrected chi connectivity index (χ2v) is 5.56. The summed E-state index contributed by atoms with van der Waals surface area (Å²) in [4.78, 5) is 28.2. The van der Waals surface area contributed by atoms with Gasteiger partial charge in [-0.2, -0.15) is 0 Å². The van der Waals surface area contributed by atoms with Crippen LogP contribution in [0.15, 0.2) is 53.7 Å². The number of carbonyl (C=O) groups excluding carboxylic acids is 2. The highest BCUT2D eigenvalue weighted by Crippen LogP contribution is 2.17. The molecule has 2 aromatic carbocycles. The number of anilines is 1. The first kappa shape index (κ1) is 20.4. The van der Waals surface area contributed by atoms with Gasteiger partial charge in [0.2, 0.25) is 6.61 Å². The molecular formula is C19H20N4O5. The van der Waals surface area contributed by atoms with Gasteiger partial charge in [-0.15, -0.1) is 0 Å². The zero-order valence-corrected chi connectivity index (χ0v) is 15.4. The molecule has 0 amide bonds. The van der Waals surface area contributed by atoms with Crippen molar-refractivity contribution in [3.8, 4) is 5.75 Å². The fourth-order valence-electron chi connectivity index (χ4n) is 2.09. The first-order valence-electron chi connectivity index (χ1n) is 8.16. The summed E-state index contributed by atoms with van der Waals surface area (Å²) < 4.78 is 9.83. The SMILES string of the molecule is COC(=O)CON=C(C)c1cccc(OC(=O)c2ccc(NC(=N)N)cc2)c1. The Balaban J connectivity index is 2.03. The summed E-state index contributed by atoms with van der Waals surface area (Å²) in [5.74, 6) is -0.942. The summed E-state index contributed by atoms with van der Waals surface area (Å²) in [5, 5.41) is 13.6. The van der Waals surface area contributed by atoms with Gasteiger partial charge in [-0.25, -0.2) is 9.59 Å². The molecule has 0 saturated heterocycles. The molecule has 0 fully saturated rings. The zero-order chi connectivity index (χ0) is 20.5. The molecule has 2 aromatic rings. The number of methoxy groups -OCH3 is 1. The topological polar surface area (TPSA) is 136 Å². The predicted molar refractivity (Wildman–Crippen MR) is 104 cm³/mol. The molecule has 146 valence electrons. The first-order chi connectivity index (χ1) is 13.4. The van der Waals surface area contributed by atoms with Gasteiger partial charge in [0.1, 0.15) is 5.75 Å². The highest BCUT2D eigenvalue weighted by Gasteiger charge is 2.10. The van der Waals surface area contributed by atoms with E-state index in [1.807, 2.05) is 0 Å². The van der Waals surface area contributed by atoms with Gasteiger partial charge in [0.15, 0.2) is 5.96 Å². The second-order valence-electron chi connectivity index (χ2n) is 5.56. The van der Waals surface area contributed by atoms with Crippen LogP contribution in [0.1, 0.15) is 22.8 Å². The smallest absolute Gasteiger partial charge is 0.346 e. The minimum atomic E-state index is -0.539. The van der Waals surface area contributed by atoms with Crippen molar-refractivity contribution in [1.29, 1.82) is 5.41 Å². The van der Waals surface area contributed by atoms with Crippen LogP contribution in [0.4, 0.5) is 5.69 Å². The van der Waals surface area contributed by atoms with Crippen LogP contribution in [0.3, 0.4) is 0 Å². The molecule has 0 unspecified atom stereocenters. The van der Waals surface area contributed by atoms with Crippen molar-refractivity contribution >= 4 is 29.3 Å². The molecule has 0 aromatic heterocycles.